The average molecular weight is 263 g/mol. The summed E-state index contributed by atoms with van der Waals surface area (Å²) in [5.41, 5.74) is 1.59. The number of hydrogen-bond acceptors (Lipinski definition) is 4. The van der Waals surface area contributed by atoms with E-state index in [0.29, 0.717) is 23.0 Å². The normalized spacial score (nSPS) is 14.9. The zero-order chi connectivity index (χ0) is 12.7. The highest BCUT2D eigenvalue weighted by molar-refractivity contribution is 7.17. The van der Waals surface area contributed by atoms with Crippen LogP contribution >= 0.6 is 11.3 Å². The number of carboxylic acids is 1. The number of aromatic carboxylic acids is 1. The number of aryl methyl sites for hydroxylation is 1. The van der Waals surface area contributed by atoms with Crippen molar-refractivity contribution < 1.29 is 9.90 Å². The van der Waals surface area contributed by atoms with Crippen LogP contribution < -0.4 is 0 Å². The molecule has 5 nitrogen and oxygen atoms in total. The maximum atomic E-state index is 11.1. The van der Waals surface area contributed by atoms with Gasteiger partial charge in [-0.3, -0.25) is 0 Å². The summed E-state index contributed by atoms with van der Waals surface area (Å²) in [6.07, 6.45) is 6.54. The zero-order valence-electron chi connectivity index (χ0n) is 9.96. The monoisotopic (exact) mass is 263 g/mol. The Kier molecular flexibility index (Phi) is 2.66. The van der Waals surface area contributed by atoms with Crippen molar-refractivity contribution >= 4 is 17.3 Å². The van der Waals surface area contributed by atoms with Crippen molar-refractivity contribution in [2.24, 2.45) is 0 Å². The quantitative estimate of drug-likeness (QED) is 0.920. The van der Waals surface area contributed by atoms with Gasteiger partial charge in [-0.15, -0.1) is 11.3 Å². The van der Waals surface area contributed by atoms with Gasteiger partial charge in [0.1, 0.15) is 9.88 Å². The predicted octanol–water partition coefficient (Wildman–Crippen LogP) is 2.60. The van der Waals surface area contributed by atoms with E-state index < -0.39 is 5.97 Å². The van der Waals surface area contributed by atoms with Gasteiger partial charge in [0.15, 0.2) is 0 Å². The van der Waals surface area contributed by atoms with Crippen LogP contribution in [0.2, 0.25) is 0 Å². The van der Waals surface area contributed by atoms with Crippen LogP contribution in [0.25, 0.3) is 10.7 Å². The lowest BCUT2D eigenvalue weighted by Crippen LogP contribution is -1.97. The first-order valence-electron chi connectivity index (χ1n) is 5.96. The van der Waals surface area contributed by atoms with Gasteiger partial charge in [-0.05, 0) is 19.3 Å². The largest absolute Gasteiger partial charge is 0.477 e. The van der Waals surface area contributed by atoms with Gasteiger partial charge < -0.3 is 9.67 Å². The van der Waals surface area contributed by atoms with Crippen molar-refractivity contribution in [2.45, 2.75) is 32.2 Å². The predicted molar refractivity (Wildman–Crippen MR) is 67.9 cm³/mol. The van der Waals surface area contributed by atoms with Crippen molar-refractivity contribution in [1.82, 2.24) is 14.5 Å². The molecular weight excluding hydrogens is 250 g/mol. The number of imidazole rings is 1. The van der Waals surface area contributed by atoms with Crippen LogP contribution in [0.4, 0.5) is 0 Å². The minimum absolute atomic E-state index is 0.344. The summed E-state index contributed by atoms with van der Waals surface area (Å²) in [7, 11) is 0. The molecule has 18 heavy (non-hydrogen) atoms. The van der Waals surface area contributed by atoms with Crippen molar-refractivity contribution in [3.8, 4) is 10.7 Å². The SMILES string of the molecule is CCc1nc(-c2cncn2C2CC2)sc1C(=O)O. The highest BCUT2D eigenvalue weighted by Gasteiger charge is 2.27. The number of carbonyl (C=O) groups is 1. The molecule has 0 spiro atoms. The van der Waals surface area contributed by atoms with Gasteiger partial charge in [0.2, 0.25) is 0 Å². The third-order valence-corrected chi connectivity index (χ3v) is 4.16. The Balaban J connectivity index is 2.05. The highest BCUT2D eigenvalue weighted by Crippen LogP contribution is 2.39. The standard InChI is InChI=1S/C12H13N3O2S/c1-2-8-10(12(16)17)18-11(14-8)9-5-13-6-15(9)7-3-4-7/h5-7H,2-4H2,1H3,(H,16,17). The zero-order valence-corrected chi connectivity index (χ0v) is 10.8. The van der Waals surface area contributed by atoms with Crippen LogP contribution in [0.1, 0.15) is 41.2 Å². The summed E-state index contributed by atoms with van der Waals surface area (Å²) in [4.78, 5) is 20.1. The molecule has 1 aliphatic carbocycles. The number of thiazole rings is 1. The summed E-state index contributed by atoms with van der Waals surface area (Å²) >= 11 is 1.24. The number of aromatic nitrogens is 3. The molecule has 3 rings (SSSR count). The molecule has 1 aliphatic rings. The molecule has 0 saturated heterocycles. The van der Waals surface area contributed by atoms with Gasteiger partial charge >= 0.3 is 5.97 Å². The van der Waals surface area contributed by atoms with Gasteiger partial charge in [0.05, 0.1) is 23.9 Å². The van der Waals surface area contributed by atoms with E-state index in [1.54, 1.807) is 12.5 Å². The first-order valence-corrected chi connectivity index (χ1v) is 6.77. The fraction of sp³-hybridized carbons (Fsp3) is 0.417. The molecule has 0 atom stereocenters. The lowest BCUT2D eigenvalue weighted by atomic mass is 10.3. The lowest BCUT2D eigenvalue weighted by Gasteiger charge is -2.02. The van der Waals surface area contributed by atoms with E-state index >= 15 is 0 Å². The van der Waals surface area contributed by atoms with Crippen LogP contribution in [0, 0.1) is 0 Å². The molecule has 1 N–H and O–H groups in total. The molecule has 0 bridgehead atoms. The Hall–Kier alpha value is -1.69. The van der Waals surface area contributed by atoms with Gasteiger partial charge in [-0.2, -0.15) is 0 Å². The van der Waals surface area contributed by atoms with E-state index in [2.05, 4.69) is 14.5 Å². The molecule has 1 fully saturated rings. The fourth-order valence-corrected chi connectivity index (χ4v) is 2.99. The lowest BCUT2D eigenvalue weighted by molar-refractivity contribution is 0.0701. The molecule has 2 heterocycles. The van der Waals surface area contributed by atoms with E-state index in [-0.39, 0.29) is 0 Å². The van der Waals surface area contributed by atoms with E-state index in [1.807, 2.05) is 6.92 Å². The van der Waals surface area contributed by atoms with Crippen molar-refractivity contribution in [1.29, 1.82) is 0 Å². The summed E-state index contributed by atoms with van der Waals surface area (Å²) < 4.78 is 2.10. The summed E-state index contributed by atoms with van der Waals surface area (Å²) in [5, 5.41) is 9.90. The van der Waals surface area contributed by atoms with Crippen LogP contribution in [0.15, 0.2) is 12.5 Å². The molecule has 0 aliphatic heterocycles. The molecule has 0 unspecified atom stereocenters. The van der Waals surface area contributed by atoms with Crippen molar-refractivity contribution in [3.05, 3.63) is 23.1 Å². The topological polar surface area (TPSA) is 68.0 Å². The number of rotatable bonds is 4. The highest BCUT2D eigenvalue weighted by atomic mass is 32.1. The molecule has 1 saturated carbocycles. The number of hydrogen-bond donors (Lipinski definition) is 1. The Labute approximate surface area is 108 Å². The second-order valence-corrected chi connectivity index (χ2v) is 5.37. The van der Waals surface area contributed by atoms with Gasteiger partial charge in [-0.25, -0.2) is 14.8 Å². The van der Waals surface area contributed by atoms with E-state index in [0.717, 1.165) is 10.7 Å². The molecule has 2 aromatic rings. The summed E-state index contributed by atoms with van der Waals surface area (Å²) in [6.45, 7) is 1.92. The molecule has 6 heteroatoms. The minimum Gasteiger partial charge on any atom is -0.477 e. The molecule has 0 amide bonds. The van der Waals surface area contributed by atoms with Gasteiger partial charge in [-0.1, -0.05) is 6.92 Å². The Bertz CT molecular complexity index is 598. The third-order valence-electron chi connectivity index (χ3n) is 3.05. The molecule has 0 aromatic carbocycles. The van der Waals surface area contributed by atoms with Crippen LogP contribution in [0.5, 0.6) is 0 Å². The van der Waals surface area contributed by atoms with Crippen LogP contribution in [-0.2, 0) is 6.42 Å². The van der Waals surface area contributed by atoms with E-state index in [4.69, 9.17) is 5.11 Å². The van der Waals surface area contributed by atoms with Crippen LogP contribution in [-0.4, -0.2) is 25.6 Å². The minimum atomic E-state index is -0.895. The van der Waals surface area contributed by atoms with Crippen molar-refractivity contribution in [3.63, 3.8) is 0 Å². The first-order chi connectivity index (χ1) is 8.70. The number of carboxylic acid groups (broad SMARTS) is 1. The van der Waals surface area contributed by atoms with Gasteiger partial charge in [0.25, 0.3) is 0 Å². The molecule has 2 aromatic heterocycles. The maximum absolute atomic E-state index is 11.1. The molecule has 94 valence electrons. The summed E-state index contributed by atoms with van der Waals surface area (Å²) in [6, 6.07) is 0.518. The molecular formula is C12H13N3O2S. The third kappa shape index (κ3) is 1.82. The smallest absolute Gasteiger partial charge is 0.347 e. The average Bonchev–Trinajstić information content (AvgIpc) is 2.94. The second-order valence-electron chi connectivity index (χ2n) is 4.37. The Morgan fingerprint density at radius 1 is 1.61 bits per heavy atom. The van der Waals surface area contributed by atoms with Gasteiger partial charge in [0, 0.05) is 6.04 Å². The van der Waals surface area contributed by atoms with E-state index in [9.17, 15) is 4.79 Å². The second kappa shape index (κ2) is 4.20. The van der Waals surface area contributed by atoms with Crippen molar-refractivity contribution in [2.75, 3.05) is 0 Å². The first kappa shape index (κ1) is 11.4. The molecule has 0 radical (unpaired) electrons. The Morgan fingerprint density at radius 3 is 2.94 bits per heavy atom. The maximum Gasteiger partial charge on any atom is 0.347 e. The fourth-order valence-electron chi connectivity index (χ4n) is 1.98. The Morgan fingerprint density at radius 2 is 2.39 bits per heavy atom. The van der Waals surface area contributed by atoms with Crippen LogP contribution in [0.3, 0.4) is 0 Å². The summed E-state index contributed by atoms with van der Waals surface area (Å²) in [5.74, 6) is -0.895. The number of nitrogens with zero attached hydrogens (tertiary/aromatic N) is 3. The van der Waals surface area contributed by atoms with E-state index in [1.165, 1.54) is 24.2 Å².